The Morgan fingerprint density at radius 3 is 2.55 bits per heavy atom. The fourth-order valence-electron chi connectivity index (χ4n) is 2.36. The highest BCUT2D eigenvalue weighted by atomic mass is 131. The van der Waals surface area contributed by atoms with Gasteiger partial charge in [-0.05, 0) is 63.4 Å². The number of halogens is 2. The Hall–Kier alpha value is -0.480. The topological polar surface area (TPSA) is 19.1 Å². The van der Waals surface area contributed by atoms with Gasteiger partial charge in [-0.2, -0.15) is 0 Å². The smallest absolute Gasteiger partial charge is 0.214 e. The molecule has 3 nitrogen and oxygen atoms in total. The molecule has 2 aliphatic rings. The standard InChI is InChI=1S/C16H16I2N3S/c1-20(2)11-7-5-9-15(13(11)17)22-16-10(19-9)6-8-12(14(16)18)21(3)4/h5-8H,1-4H3/q+1/i17-2,18+4. The summed E-state index contributed by atoms with van der Waals surface area (Å²) in [6.45, 7) is 0. The van der Waals surface area contributed by atoms with E-state index in [0.717, 1.165) is 11.2 Å². The molecule has 1 aliphatic heterocycles. The first-order chi connectivity index (χ1) is 10.4. The molecule has 0 radical (unpaired) electrons. The van der Waals surface area contributed by atoms with Crippen LogP contribution in [0.4, 0.5) is 5.69 Å². The van der Waals surface area contributed by atoms with Crippen molar-refractivity contribution in [2.24, 2.45) is 0 Å². The number of fused-ring (bicyclic) bond motifs is 2. The maximum absolute atomic E-state index is 4.86. The third kappa shape index (κ3) is 2.73. The summed E-state index contributed by atoms with van der Waals surface area (Å²) in [5.74, 6) is 0. The van der Waals surface area contributed by atoms with Gasteiger partial charge in [0.2, 0.25) is 5.36 Å². The molecule has 0 saturated carbocycles. The fourth-order valence-corrected chi connectivity index (χ4v) is 5.93. The molecule has 0 aromatic heterocycles. The minimum absolute atomic E-state index is 1.07. The second-order valence-electron chi connectivity index (χ2n) is 5.50. The van der Waals surface area contributed by atoms with E-state index in [-0.39, 0.29) is 0 Å². The predicted octanol–water partition coefficient (Wildman–Crippen LogP) is 3.71. The molecule has 0 unspecified atom stereocenters. The number of anilines is 1. The Balaban J connectivity index is 2.45. The Kier molecular flexibility index (Phi) is 4.61. The average Bonchev–Trinajstić information content (AvgIpc) is 2.46. The summed E-state index contributed by atoms with van der Waals surface area (Å²) in [4.78, 5) is 8.27. The van der Waals surface area contributed by atoms with E-state index >= 15 is 0 Å². The molecule has 0 amide bonds. The molecule has 0 saturated heterocycles. The molecule has 0 N–H and O–H groups in total. The van der Waals surface area contributed by atoms with Gasteiger partial charge in [-0.15, -0.1) is 11.3 Å². The van der Waals surface area contributed by atoms with E-state index in [1.165, 1.54) is 27.8 Å². The maximum Gasteiger partial charge on any atom is 0.214 e. The van der Waals surface area contributed by atoms with Crippen molar-refractivity contribution in [1.29, 1.82) is 0 Å². The van der Waals surface area contributed by atoms with Crippen LogP contribution in [0, 0.1) is 7.14 Å². The maximum atomic E-state index is 4.86. The number of hydrogen-bond acceptors (Lipinski definition) is 3. The lowest BCUT2D eigenvalue weighted by Crippen LogP contribution is -2.25. The van der Waals surface area contributed by atoms with E-state index in [9.17, 15) is 0 Å². The molecule has 22 heavy (non-hydrogen) atoms. The van der Waals surface area contributed by atoms with E-state index in [2.05, 4.69) is 107 Å². The van der Waals surface area contributed by atoms with E-state index < -0.39 is 0 Å². The van der Waals surface area contributed by atoms with Gasteiger partial charge in [0.05, 0.1) is 30.0 Å². The average molecular weight is 538 g/mol. The van der Waals surface area contributed by atoms with Gasteiger partial charge in [0.15, 0.2) is 0 Å². The van der Waals surface area contributed by atoms with Crippen LogP contribution in [0.2, 0.25) is 0 Å². The molecular weight excluding hydrogens is 522 g/mol. The number of nitrogens with zero attached hydrogens (tertiary/aromatic N) is 3. The molecule has 1 heterocycles. The van der Waals surface area contributed by atoms with Crippen LogP contribution in [0.5, 0.6) is 0 Å². The number of aromatic nitrogens is 1. The summed E-state index contributed by atoms with van der Waals surface area (Å²) in [6, 6.07) is 8.54. The molecule has 0 bridgehead atoms. The Bertz CT molecular complexity index is 911. The van der Waals surface area contributed by atoms with Crippen molar-refractivity contribution in [2.45, 2.75) is 0 Å². The molecule has 3 rings (SSSR count). The first-order valence-corrected chi connectivity index (χ1v) is 9.76. The SMILES string of the molecule is CN(C)c1ccc2nc3ccc(=[N+](C)C)c([131I])c-3sc2c1[125I]. The summed E-state index contributed by atoms with van der Waals surface area (Å²) in [7, 11) is 8.32. The highest BCUT2D eigenvalue weighted by Gasteiger charge is 2.17. The third-order valence-corrected chi connectivity index (χ3v) is 7.67. The van der Waals surface area contributed by atoms with E-state index in [1.807, 2.05) is 11.3 Å². The van der Waals surface area contributed by atoms with E-state index in [0.29, 0.717) is 0 Å². The number of hydrogen-bond donors (Lipinski definition) is 0. The largest absolute Gasteiger partial charge is 0.377 e. The summed E-state index contributed by atoms with van der Waals surface area (Å²) in [6.07, 6.45) is 0. The van der Waals surface area contributed by atoms with Gasteiger partial charge < -0.3 is 4.90 Å². The summed E-state index contributed by atoms with van der Waals surface area (Å²) in [5.41, 5.74) is 3.38. The molecule has 1 aromatic carbocycles. The zero-order valence-electron chi connectivity index (χ0n) is 12.8. The number of rotatable bonds is 1. The van der Waals surface area contributed by atoms with Gasteiger partial charge >= 0.3 is 0 Å². The van der Waals surface area contributed by atoms with E-state index in [4.69, 9.17) is 4.98 Å². The monoisotopic (exact) mass is 538 g/mol. The van der Waals surface area contributed by atoms with Crippen molar-refractivity contribution in [2.75, 3.05) is 33.1 Å². The third-order valence-electron chi connectivity index (χ3n) is 3.52. The number of benzene rings is 2. The van der Waals surface area contributed by atoms with Crippen molar-refractivity contribution >= 4 is 72.4 Å². The van der Waals surface area contributed by atoms with Gasteiger partial charge in [0.25, 0.3) is 0 Å². The fraction of sp³-hybridized carbons (Fsp3) is 0.250. The quantitative estimate of drug-likeness (QED) is 0.268. The zero-order valence-corrected chi connectivity index (χ0v) is 17.9. The van der Waals surface area contributed by atoms with E-state index in [1.54, 1.807) is 0 Å². The highest BCUT2D eigenvalue weighted by molar-refractivity contribution is 14.1. The van der Waals surface area contributed by atoms with Gasteiger partial charge in [-0.3, -0.25) is 0 Å². The Labute approximate surface area is 161 Å². The van der Waals surface area contributed by atoms with Crippen molar-refractivity contribution in [3.05, 3.63) is 36.8 Å². The van der Waals surface area contributed by atoms with Crippen LogP contribution >= 0.6 is 56.5 Å². The van der Waals surface area contributed by atoms with Gasteiger partial charge in [-0.25, -0.2) is 9.56 Å². The molecule has 1 aromatic rings. The molecule has 0 atom stereocenters. The molecule has 6 heteroatoms. The first-order valence-electron chi connectivity index (χ1n) is 6.79. The van der Waals surface area contributed by atoms with Gasteiger partial charge in [0, 0.05) is 20.2 Å². The summed E-state index contributed by atoms with van der Waals surface area (Å²) in [5, 5.41) is 1.24. The minimum Gasteiger partial charge on any atom is -0.377 e. The molecule has 0 spiro atoms. The first kappa shape index (κ1) is 16.4. The molecule has 0 fully saturated rings. The van der Waals surface area contributed by atoms with Crippen molar-refractivity contribution in [3.63, 3.8) is 0 Å². The summed E-state index contributed by atoms with van der Waals surface area (Å²) < 4.78 is 5.95. The lowest BCUT2D eigenvalue weighted by Gasteiger charge is -2.16. The van der Waals surface area contributed by atoms with Crippen LogP contribution in [-0.4, -0.2) is 33.2 Å². The Morgan fingerprint density at radius 1 is 1.18 bits per heavy atom. The minimum atomic E-state index is 1.07. The lowest BCUT2D eigenvalue weighted by atomic mass is 10.2. The normalized spacial score (nSPS) is 11.2. The predicted molar refractivity (Wildman–Crippen MR) is 113 cm³/mol. The van der Waals surface area contributed by atoms with Crippen LogP contribution in [0.15, 0.2) is 24.3 Å². The molecule has 114 valence electrons. The molecule has 1 aliphatic carbocycles. The van der Waals surface area contributed by atoms with Crippen molar-refractivity contribution in [1.82, 2.24) is 9.56 Å². The summed E-state index contributed by atoms with van der Waals surface area (Å²) >= 11 is 6.71. The highest BCUT2D eigenvalue weighted by Crippen LogP contribution is 2.37. The van der Waals surface area contributed by atoms with Crippen LogP contribution in [0.25, 0.3) is 20.8 Å². The second kappa shape index (κ2) is 6.20. The van der Waals surface area contributed by atoms with Crippen LogP contribution in [-0.2, 0) is 0 Å². The van der Waals surface area contributed by atoms with Crippen molar-refractivity contribution < 1.29 is 0 Å². The van der Waals surface area contributed by atoms with Crippen LogP contribution < -0.4 is 14.8 Å². The molecular formula is C16H16I2N3S+. The Morgan fingerprint density at radius 2 is 1.91 bits per heavy atom. The van der Waals surface area contributed by atoms with Crippen LogP contribution in [0.1, 0.15) is 0 Å². The van der Waals surface area contributed by atoms with Gasteiger partial charge in [0.1, 0.15) is 17.7 Å². The second-order valence-corrected chi connectivity index (χ2v) is 8.67. The zero-order chi connectivity index (χ0) is 16.0. The lowest BCUT2D eigenvalue weighted by molar-refractivity contribution is 0.809. The van der Waals surface area contributed by atoms with Gasteiger partial charge in [-0.1, -0.05) is 0 Å². The van der Waals surface area contributed by atoms with Crippen molar-refractivity contribution in [3.8, 4) is 10.6 Å². The van der Waals surface area contributed by atoms with Crippen LogP contribution in [0.3, 0.4) is 0 Å².